The van der Waals surface area contributed by atoms with Crippen molar-refractivity contribution >= 4 is 5.97 Å². The van der Waals surface area contributed by atoms with Gasteiger partial charge in [-0.15, -0.1) is 0 Å². The number of ether oxygens (including phenoxy) is 1. The Bertz CT molecular complexity index is 120. The molecule has 52 valence electrons. The summed E-state index contributed by atoms with van der Waals surface area (Å²) in [6, 6.07) is 0. The Labute approximate surface area is 52.1 Å². The lowest BCUT2D eigenvalue weighted by molar-refractivity contribution is -0.161. The molecule has 4 nitrogen and oxygen atoms in total. The first-order chi connectivity index (χ1) is 4.20. The molecule has 1 rings (SSSR count). The van der Waals surface area contributed by atoms with Gasteiger partial charge in [0, 0.05) is 6.42 Å². The minimum atomic E-state index is -1.52. The number of esters is 1. The van der Waals surface area contributed by atoms with Crippen LogP contribution in [-0.4, -0.2) is 28.6 Å². The highest BCUT2D eigenvalue weighted by atomic mass is 16.6. The van der Waals surface area contributed by atoms with Crippen LogP contribution in [0.3, 0.4) is 0 Å². The topological polar surface area (TPSA) is 66.8 Å². The Morgan fingerprint density at radius 1 is 1.67 bits per heavy atom. The summed E-state index contributed by atoms with van der Waals surface area (Å²) >= 11 is 0. The van der Waals surface area contributed by atoms with Crippen LogP contribution in [0.15, 0.2) is 0 Å². The average Bonchev–Trinajstić information content (AvgIpc) is 2.14. The molecule has 0 aliphatic carbocycles. The van der Waals surface area contributed by atoms with Crippen molar-refractivity contribution in [1.82, 2.24) is 0 Å². The van der Waals surface area contributed by atoms with Crippen LogP contribution in [0.1, 0.15) is 12.8 Å². The van der Waals surface area contributed by atoms with Crippen LogP contribution >= 0.6 is 0 Å². The summed E-state index contributed by atoms with van der Waals surface area (Å²) < 4.78 is 4.48. The van der Waals surface area contributed by atoms with Gasteiger partial charge in [0.25, 0.3) is 0 Å². The van der Waals surface area contributed by atoms with Gasteiger partial charge in [0.2, 0.25) is 0 Å². The van der Waals surface area contributed by atoms with Gasteiger partial charge >= 0.3 is 5.97 Å². The first-order valence-corrected chi connectivity index (χ1v) is 2.76. The first-order valence-electron chi connectivity index (χ1n) is 2.76. The summed E-state index contributed by atoms with van der Waals surface area (Å²) in [5, 5.41) is 16.9. The Morgan fingerprint density at radius 3 is 2.56 bits per heavy atom. The molecule has 0 amide bonds. The lowest BCUT2D eigenvalue weighted by Crippen LogP contribution is -2.24. The zero-order chi connectivity index (χ0) is 6.85. The number of aliphatic hydroxyl groups excluding tert-OH is 1. The minimum Gasteiger partial charge on any atom is -0.457 e. The Kier molecular flexibility index (Phi) is 1.68. The first kappa shape index (κ1) is 6.51. The lowest BCUT2D eigenvalue weighted by atomic mass is 10.2. The van der Waals surface area contributed by atoms with Gasteiger partial charge in [-0.25, -0.2) is 0 Å². The highest BCUT2D eigenvalue weighted by molar-refractivity contribution is 5.71. The van der Waals surface area contributed by atoms with Crippen molar-refractivity contribution in [3.63, 3.8) is 0 Å². The molecule has 1 aliphatic rings. The molecule has 0 spiro atoms. The summed E-state index contributed by atoms with van der Waals surface area (Å²) in [5.74, 6) is -0.354. The molecule has 0 bridgehead atoms. The van der Waals surface area contributed by atoms with E-state index in [1.54, 1.807) is 0 Å². The van der Waals surface area contributed by atoms with E-state index in [0.29, 0.717) is 12.8 Å². The van der Waals surface area contributed by atoms with Crippen LogP contribution in [0.2, 0.25) is 0 Å². The molecular weight excluding hydrogens is 124 g/mol. The summed E-state index contributed by atoms with van der Waals surface area (Å²) in [4.78, 5) is 10.3. The molecule has 0 saturated carbocycles. The molecule has 1 fully saturated rings. The fraction of sp³-hybridized carbons (Fsp3) is 0.800. The van der Waals surface area contributed by atoms with Crippen LogP contribution in [0.4, 0.5) is 0 Å². The van der Waals surface area contributed by atoms with E-state index in [2.05, 4.69) is 4.74 Å². The number of carbonyl (C=O) groups is 1. The Morgan fingerprint density at radius 2 is 2.33 bits per heavy atom. The fourth-order valence-electron chi connectivity index (χ4n) is 0.757. The molecule has 1 unspecified atom stereocenters. The SMILES string of the molecule is O=C1CCC(C(O)O)O1. The smallest absolute Gasteiger partial charge is 0.306 e. The summed E-state index contributed by atoms with van der Waals surface area (Å²) in [5.41, 5.74) is 0. The maximum Gasteiger partial charge on any atom is 0.306 e. The van der Waals surface area contributed by atoms with E-state index in [9.17, 15) is 4.79 Å². The number of hydrogen-bond donors (Lipinski definition) is 2. The van der Waals surface area contributed by atoms with Crippen LogP contribution in [0.5, 0.6) is 0 Å². The highest BCUT2D eigenvalue weighted by Gasteiger charge is 2.28. The number of carbonyl (C=O) groups excluding carboxylic acids is 1. The second-order valence-corrected chi connectivity index (χ2v) is 1.98. The Hall–Kier alpha value is -0.610. The third kappa shape index (κ3) is 1.40. The van der Waals surface area contributed by atoms with Crippen molar-refractivity contribution in [3.05, 3.63) is 0 Å². The monoisotopic (exact) mass is 132 g/mol. The van der Waals surface area contributed by atoms with E-state index in [1.807, 2.05) is 0 Å². The van der Waals surface area contributed by atoms with Gasteiger partial charge in [-0.2, -0.15) is 0 Å². The van der Waals surface area contributed by atoms with Gasteiger partial charge in [-0.3, -0.25) is 4.79 Å². The van der Waals surface area contributed by atoms with Crippen molar-refractivity contribution in [1.29, 1.82) is 0 Å². The summed E-state index contributed by atoms with van der Waals surface area (Å²) in [6.45, 7) is 0. The molecule has 0 radical (unpaired) electrons. The number of hydrogen-bond acceptors (Lipinski definition) is 4. The van der Waals surface area contributed by atoms with Crippen molar-refractivity contribution in [2.45, 2.75) is 25.2 Å². The molecule has 1 aliphatic heterocycles. The van der Waals surface area contributed by atoms with Gasteiger partial charge in [0.15, 0.2) is 12.4 Å². The molecule has 0 aromatic heterocycles. The van der Waals surface area contributed by atoms with E-state index in [1.165, 1.54) is 0 Å². The van der Waals surface area contributed by atoms with Crippen LogP contribution in [-0.2, 0) is 9.53 Å². The molecule has 1 heterocycles. The van der Waals surface area contributed by atoms with E-state index >= 15 is 0 Å². The number of aliphatic hydroxyl groups is 2. The Balaban J connectivity index is 2.39. The quantitative estimate of drug-likeness (QED) is 0.355. The maximum absolute atomic E-state index is 10.3. The molecule has 0 aromatic rings. The summed E-state index contributed by atoms with van der Waals surface area (Å²) in [7, 11) is 0. The third-order valence-electron chi connectivity index (χ3n) is 1.25. The highest BCUT2D eigenvalue weighted by Crippen LogP contribution is 2.15. The normalized spacial score (nSPS) is 27.0. The number of cyclic esters (lactones) is 1. The van der Waals surface area contributed by atoms with Gasteiger partial charge < -0.3 is 14.9 Å². The van der Waals surface area contributed by atoms with Gasteiger partial charge in [0.1, 0.15) is 0 Å². The zero-order valence-corrected chi connectivity index (χ0v) is 4.78. The van der Waals surface area contributed by atoms with E-state index in [0.717, 1.165) is 0 Å². The molecular formula is C5H8O4. The largest absolute Gasteiger partial charge is 0.457 e. The molecule has 2 N–H and O–H groups in total. The fourth-order valence-corrected chi connectivity index (χ4v) is 0.757. The average molecular weight is 132 g/mol. The predicted molar refractivity (Wildman–Crippen MR) is 27.3 cm³/mol. The van der Waals surface area contributed by atoms with E-state index in [4.69, 9.17) is 10.2 Å². The minimum absolute atomic E-state index is 0.294. The van der Waals surface area contributed by atoms with Crippen molar-refractivity contribution in [3.8, 4) is 0 Å². The predicted octanol–water partition coefficient (Wildman–Crippen LogP) is -0.997. The third-order valence-corrected chi connectivity index (χ3v) is 1.25. The van der Waals surface area contributed by atoms with Gasteiger partial charge in [0.05, 0.1) is 0 Å². The maximum atomic E-state index is 10.3. The van der Waals surface area contributed by atoms with Crippen LogP contribution in [0.25, 0.3) is 0 Å². The molecule has 0 aromatic carbocycles. The van der Waals surface area contributed by atoms with Gasteiger partial charge in [-0.1, -0.05) is 0 Å². The zero-order valence-electron chi connectivity index (χ0n) is 4.78. The van der Waals surface area contributed by atoms with Crippen molar-refractivity contribution < 1.29 is 19.7 Å². The van der Waals surface area contributed by atoms with Crippen LogP contribution < -0.4 is 0 Å². The van der Waals surface area contributed by atoms with Crippen molar-refractivity contribution in [2.24, 2.45) is 0 Å². The lowest BCUT2D eigenvalue weighted by Gasteiger charge is -2.09. The van der Waals surface area contributed by atoms with E-state index in [-0.39, 0.29) is 5.97 Å². The molecule has 9 heavy (non-hydrogen) atoms. The summed E-state index contributed by atoms with van der Waals surface area (Å²) in [6.07, 6.45) is -1.51. The van der Waals surface area contributed by atoms with Crippen molar-refractivity contribution in [2.75, 3.05) is 0 Å². The number of rotatable bonds is 1. The second kappa shape index (κ2) is 2.33. The molecule has 4 heteroatoms. The van der Waals surface area contributed by atoms with E-state index < -0.39 is 12.4 Å². The molecule has 1 saturated heterocycles. The van der Waals surface area contributed by atoms with Gasteiger partial charge in [-0.05, 0) is 6.42 Å². The standard InChI is InChI=1S/C5H8O4/c6-4-2-1-3(9-4)5(7)8/h3,5,7-8H,1-2H2. The molecule has 1 atom stereocenters. The second-order valence-electron chi connectivity index (χ2n) is 1.98. The van der Waals surface area contributed by atoms with Crippen LogP contribution in [0, 0.1) is 0 Å².